The van der Waals surface area contributed by atoms with Crippen molar-refractivity contribution in [3.63, 3.8) is 0 Å². The maximum Gasteiger partial charge on any atom is 0.324 e. The Morgan fingerprint density at radius 2 is 2.56 bits per heavy atom. The largest absolute Gasteiger partial charge is 0.458 e. The summed E-state index contributed by atoms with van der Waals surface area (Å²) in [5.41, 5.74) is 7.56. The van der Waals surface area contributed by atoms with Crippen molar-refractivity contribution in [2.75, 3.05) is 6.54 Å². The van der Waals surface area contributed by atoms with Gasteiger partial charge in [0.05, 0.1) is 5.69 Å². The highest BCUT2D eigenvalue weighted by Gasteiger charge is 2.21. The number of ether oxygens (including phenoxy) is 1. The molecule has 1 saturated heterocycles. The molecule has 1 aromatic heterocycles. The molecular weight excluding hydrogens is 230 g/mol. The van der Waals surface area contributed by atoms with Gasteiger partial charge >= 0.3 is 5.97 Å². The molecule has 0 bridgehead atoms. The van der Waals surface area contributed by atoms with Crippen LogP contribution in [0.2, 0.25) is 0 Å². The third-order valence-corrected chi connectivity index (χ3v) is 2.79. The number of hydrogen-bond donors (Lipinski definition) is 2. The van der Waals surface area contributed by atoms with Crippen LogP contribution in [0.25, 0.3) is 6.08 Å². The van der Waals surface area contributed by atoms with E-state index in [0.29, 0.717) is 0 Å². The predicted molar refractivity (Wildman–Crippen MR) is 68.3 cm³/mol. The summed E-state index contributed by atoms with van der Waals surface area (Å²) in [7, 11) is 0. The van der Waals surface area contributed by atoms with E-state index in [4.69, 9.17) is 4.74 Å². The van der Waals surface area contributed by atoms with Gasteiger partial charge in [0.1, 0.15) is 12.6 Å². The van der Waals surface area contributed by atoms with Gasteiger partial charge in [-0.05, 0) is 30.5 Å². The van der Waals surface area contributed by atoms with Gasteiger partial charge in [0, 0.05) is 12.7 Å². The van der Waals surface area contributed by atoms with E-state index in [2.05, 4.69) is 22.4 Å². The molecule has 1 fully saturated rings. The highest BCUT2D eigenvalue weighted by Crippen LogP contribution is 2.07. The zero-order valence-corrected chi connectivity index (χ0v) is 10.2. The van der Waals surface area contributed by atoms with Crippen LogP contribution in [0.3, 0.4) is 0 Å². The molecule has 2 heterocycles. The van der Waals surface area contributed by atoms with Gasteiger partial charge in [-0.1, -0.05) is 12.7 Å². The quantitative estimate of drug-likeness (QED) is 0.778. The summed E-state index contributed by atoms with van der Waals surface area (Å²) in [6.07, 6.45) is 5.18. The second-order valence-corrected chi connectivity index (χ2v) is 4.16. The minimum Gasteiger partial charge on any atom is -0.458 e. The molecule has 1 unspecified atom stereocenters. The lowest BCUT2D eigenvalue weighted by atomic mass is 10.1. The lowest BCUT2D eigenvalue weighted by Gasteiger charge is -2.22. The van der Waals surface area contributed by atoms with E-state index in [-0.39, 0.29) is 18.6 Å². The van der Waals surface area contributed by atoms with Gasteiger partial charge in [0.25, 0.3) is 0 Å². The fourth-order valence-electron chi connectivity index (χ4n) is 1.79. The van der Waals surface area contributed by atoms with Crippen LogP contribution < -0.4 is 10.9 Å². The molecule has 0 radical (unpaired) electrons. The van der Waals surface area contributed by atoms with E-state index in [0.717, 1.165) is 30.6 Å². The van der Waals surface area contributed by atoms with Crippen molar-refractivity contribution < 1.29 is 9.53 Å². The summed E-state index contributed by atoms with van der Waals surface area (Å²) < 4.78 is 5.23. The van der Waals surface area contributed by atoms with E-state index in [1.165, 1.54) is 0 Å². The van der Waals surface area contributed by atoms with Gasteiger partial charge in [-0.3, -0.25) is 15.2 Å². The number of esters is 1. The first-order valence-electron chi connectivity index (χ1n) is 6.02. The number of aromatic nitrogens is 1. The topological polar surface area (TPSA) is 63.2 Å². The minimum absolute atomic E-state index is 0.193. The van der Waals surface area contributed by atoms with E-state index < -0.39 is 0 Å². The fraction of sp³-hybridized carbons (Fsp3) is 0.385. The number of nitrogens with zero attached hydrogens (tertiary/aromatic N) is 1. The van der Waals surface area contributed by atoms with E-state index in [1.807, 2.05) is 12.1 Å². The monoisotopic (exact) mass is 247 g/mol. The number of nitrogens with one attached hydrogen (secondary N) is 2. The molecule has 5 nitrogen and oxygen atoms in total. The second kappa shape index (κ2) is 6.28. The second-order valence-electron chi connectivity index (χ2n) is 4.16. The molecule has 1 atom stereocenters. The Hall–Kier alpha value is -1.72. The van der Waals surface area contributed by atoms with E-state index in [9.17, 15) is 4.79 Å². The number of carbonyl (C=O) groups excluding carboxylic acids is 1. The van der Waals surface area contributed by atoms with Gasteiger partial charge in [-0.2, -0.15) is 0 Å². The van der Waals surface area contributed by atoms with Gasteiger partial charge in [-0.15, -0.1) is 0 Å². The summed E-state index contributed by atoms with van der Waals surface area (Å²) in [4.78, 5) is 15.9. The Labute approximate surface area is 106 Å². The van der Waals surface area contributed by atoms with Crippen LogP contribution >= 0.6 is 0 Å². The summed E-state index contributed by atoms with van der Waals surface area (Å²) in [5.74, 6) is -0.243. The molecular formula is C13H17N3O2. The van der Waals surface area contributed by atoms with Crippen LogP contribution in [0.5, 0.6) is 0 Å². The molecule has 18 heavy (non-hydrogen) atoms. The average Bonchev–Trinajstić information content (AvgIpc) is 2.46. The van der Waals surface area contributed by atoms with Gasteiger partial charge in [0.15, 0.2) is 0 Å². The Morgan fingerprint density at radius 3 is 3.28 bits per heavy atom. The van der Waals surface area contributed by atoms with Crippen LogP contribution in [0.1, 0.15) is 24.1 Å². The normalized spacial score (nSPS) is 19.2. The fourth-order valence-corrected chi connectivity index (χ4v) is 1.79. The molecule has 0 aliphatic carbocycles. The van der Waals surface area contributed by atoms with Crippen LogP contribution in [0.15, 0.2) is 24.9 Å². The molecule has 1 aliphatic rings. The van der Waals surface area contributed by atoms with Crippen LogP contribution in [-0.4, -0.2) is 23.5 Å². The van der Waals surface area contributed by atoms with Crippen molar-refractivity contribution >= 4 is 12.0 Å². The zero-order chi connectivity index (χ0) is 12.8. The lowest BCUT2D eigenvalue weighted by molar-refractivity contribution is -0.148. The molecule has 2 N–H and O–H groups in total. The lowest BCUT2D eigenvalue weighted by Crippen LogP contribution is -2.50. The van der Waals surface area contributed by atoms with Crippen molar-refractivity contribution in [1.82, 2.24) is 15.8 Å². The Bertz CT molecular complexity index is 428. The zero-order valence-electron chi connectivity index (χ0n) is 10.2. The molecule has 0 saturated carbocycles. The summed E-state index contributed by atoms with van der Waals surface area (Å²) >= 11 is 0. The number of hydrazine groups is 1. The van der Waals surface area contributed by atoms with Crippen molar-refractivity contribution in [1.29, 1.82) is 0 Å². The minimum atomic E-state index is -0.263. The van der Waals surface area contributed by atoms with Crippen molar-refractivity contribution in [3.05, 3.63) is 36.2 Å². The van der Waals surface area contributed by atoms with Gasteiger partial charge in [0.2, 0.25) is 0 Å². The predicted octanol–water partition coefficient (Wildman–Crippen LogP) is 1.02. The van der Waals surface area contributed by atoms with Crippen LogP contribution in [0.4, 0.5) is 0 Å². The Kier molecular flexibility index (Phi) is 4.44. The van der Waals surface area contributed by atoms with Gasteiger partial charge < -0.3 is 4.74 Å². The van der Waals surface area contributed by atoms with Crippen LogP contribution in [-0.2, 0) is 16.1 Å². The van der Waals surface area contributed by atoms with Crippen molar-refractivity contribution in [2.45, 2.75) is 25.5 Å². The highest BCUT2D eigenvalue weighted by atomic mass is 16.5. The van der Waals surface area contributed by atoms with E-state index >= 15 is 0 Å². The van der Waals surface area contributed by atoms with E-state index in [1.54, 1.807) is 12.3 Å². The first-order valence-corrected chi connectivity index (χ1v) is 6.02. The molecule has 1 aliphatic heterocycles. The number of rotatable bonds is 4. The maximum absolute atomic E-state index is 11.8. The average molecular weight is 247 g/mol. The number of hydrogen-bond acceptors (Lipinski definition) is 5. The smallest absolute Gasteiger partial charge is 0.324 e. The molecule has 96 valence electrons. The van der Waals surface area contributed by atoms with Crippen molar-refractivity contribution in [3.8, 4) is 0 Å². The van der Waals surface area contributed by atoms with Gasteiger partial charge in [-0.25, -0.2) is 5.43 Å². The number of carbonyl (C=O) groups is 1. The Morgan fingerprint density at radius 1 is 1.67 bits per heavy atom. The maximum atomic E-state index is 11.8. The molecule has 0 amide bonds. The molecule has 0 aromatic carbocycles. The molecule has 2 rings (SSSR count). The number of pyridine rings is 1. The molecule has 5 heteroatoms. The third-order valence-electron chi connectivity index (χ3n) is 2.79. The summed E-state index contributed by atoms with van der Waals surface area (Å²) in [5, 5.41) is 0. The van der Waals surface area contributed by atoms with Crippen molar-refractivity contribution in [2.24, 2.45) is 0 Å². The highest BCUT2D eigenvalue weighted by molar-refractivity contribution is 5.75. The first kappa shape index (κ1) is 12.7. The SMILES string of the molecule is C=Cc1ccnc(COC(=O)C2CCCNN2)c1. The van der Waals surface area contributed by atoms with Crippen LogP contribution in [0, 0.1) is 0 Å². The first-order chi connectivity index (χ1) is 8.79. The summed E-state index contributed by atoms with van der Waals surface area (Å²) in [6, 6.07) is 3.44. The molecule has 1 aromatic rings. The third kappa shape index (κ3) is 3.38. The summed E-state index contributed by atoms with van der Waals surface area (Å²) in [6.45, 7) is 4.76. The standard InChI is InChI=1S/C13H17N3O2/c1-2-10-5-7-14-11(8-10)9-18-13(17)12-4-3-6-15-16-12/h2,5,7-8,12,15-16H,1,3-4,6,9H2. The molecule has 0 spiro atoms. The Balaban J connectivity index is 1.86.